The van der Waals surface area contributed by atoms with Gasteiger partial charge in [0, 0.05) is 51.3 Å². The van der Waals surface area contributed by atoms with E-state index in [1.54, 1.807) is 0 Å². The maximum atomic E-state index is 5.48. The molecule has 2 aliphatic rings. The minimum atomic E-state index is 0. The van der Waals surface area contributed by atoms with Gasteiger partial charge < -0.3 is 15.0 Å². The molecular formula is C17H35IN4O. The normalized spacial score (nSPS) is 21.7. The first-order valence-corrected chi connectivity index (χ1v) is 8.94. The van der Waals surface area contributed by atoms with Crippen LogP contribution in [0.25, 0.3) is 0 Å². The molecule has 1 aliphatic carbocycles. The van der Waals surface area contributed by atoms with Crippen molar-refractivity contribution in [2.75, 3.05) is 46.4 Å². The number of nitrogens with one attached hydrogen (secondary N) is 1. The first-order chi connectivity index (χ1) is 10.6. The highest BCUT2D eigenvalue weighted by atomic mass is 127. The van der Waals surface area contributed by atoms with E-state index in [2.05, 4.69) is 42.9 Å². The predicted octanol–water partition coefficient (Wildman–Crippen LogP) is 2.41. The molecule has 0 spiro atoms. The molecule has 0 amide bonds. The van der Waals surface area contributed by atoms with Crippen LogP contribution in [0.5, 0.6) is 0 Å². The van der Waals surface area contributed by atoms with Gasteiger partial charge in [0.15, 0.2) is 5.96 Å². The third-order valence-corrected chi connectivity index (χ3v) is 4.55. The van der Waals surface area contributed by atoms with E-state index in [4.69, 9.17) is 9.73 Å². The molecule has 1 N–H and O–H groups in total. The number of hydrogen-bond donors (Lipinski definition) is 1. The Balaban J connectivity index is 0.00000264. The Labute approximate surface area is 159 Å². The van der Waals surface area contributed by atoms with E-state index in [0.717, 1.165) is 51.4 Å². The Hall–Kier alpha value is -0.0800. The van der Waals surface area contributed by atoms with Gasteiger partial charge in [0.05, 0.1) is 13.2 Å². The second-order valence-corrected chi connectivity index (χ2v) is 6.91. The molecule has 0 aromatic heterocycles. The van der Waals surface area contributed by atoms with Crippen molar-refractivity contribution in [1.29, 1.82) is 0 Å². The van der Waals surface area contributed by atoms with Gasteiger partial charge in [-0.2, -0.15) is 0 Å². The summed E-state index contributed by atoms with van der Waals surface area (Å²) in [5, 5.41) is 3.42. The minimum absolute atomic E-state index is 0. The maximum Gasteiger partial charge on any atom is 0.193 e. The molecule has 6 heteroatoms. The van der Waals surface area contributed by atoms with Gasteiger partial charge >= 0.3 is 0 Å². The van der Waals surface area contributed by atoms with Crippen LogP contribution in [-0.2, 0) is 4.74 Å². The Morgan fingerprint density at radius 1 is 1.30 bits per heavy atom. The highest BCUT2D eigenvalue weighted by Gasteiger charge is 2.30. The summed E-state index contributed by atoms with van der Waals surface area (Å²) >= 11 is 0. The SMILES string of the molecule is CCNC(=NCCN(C(C)C)C1CC1)N(C)CC1CCOC1.I. The number of nitrogens with zero attached hydrogens (tertiary/aromatic N) is 3. The summed E-state index contributed by atoms with van der Waals surface area (Å²) in [4.78, 5) is 9.70. The summed E-state index contributed by atoms with van der Waals surface area (Å²) in [6.45, 7) is 12.4. The van der Waals surface area contributed by atoms with E-state index in [1.807, 2.05) is 0 Å². The number of ether oxygens (including phenoxy) is 1. The predicted molar refractivity (Wildman–Crippen MR) is 108 cm³/mol. The van der Waals surface area contributed by atoms with Crippen LogP contribution in [0, 0.1) is 5.92 Å². The summed E-state index contributed by atoms with van der Waals surface area (Å²) in [5.41, 5.74) is 0. The van der Waals surface area contributed by atoms with E-state index in [0.29, 0.717) is 12.0 Å². The van der Waals surface area contributed by atoms with Crippen LogP contribution in [0.15, 0.2) is 4.99 Å². The zero-order valence-electron chi connectivity index (χ0n) is 15.3. The van der Waals surface area contributed by atoms with Gasteiger partial charge in [-0.25, -0.2) is 0 Å². The number of guanidine groups is 1. The summed E-state index contributed by atoms with van der Waals surface area (Å²) in [6, 6.07) is 1.44. The maximum absolute atomic E-state index is 5.48. The monoisotopic (exact) mass is 438 g/mol. The van der Waals surface area contributed by atoms with E-state index in [-0.39, 0.29) is 24.0 Å². The summed E-state index contributed by atoms with van der Waals surface area (Å²) in [7, 11) is 2.14. The van der Waals surface area contributed by atoms with Crippen molar-refractivity contribution in [1.82, 2.24) is 15.1 Å². The lowest BCUT2D eigenvalue weighted by atomic mass is 10.1. The van der Waals surface area contributed by atoms with E-state index < -0.39 is 0 Å². The molecule has 1 saturated carbocycles. The first kappa shape index (κ1) is 21.0. The quantitative estimate of drug-likeness (QED) is 0.359. The van der Waals surface area contributed by atoms with Crippen molar-refractivity contribution in [2.24, 2.45) is 10.9 Å². The lowest BCUT2D eigenvalue weighted by Crippen LogP contribution is -2.42. The third kappa shape index (κ3) is 7.13. The van der Waals surface area contributed by atoms with Crippen LogP contribution < -0.4 is 5.32 Å². The summed E-state index contributed by atoms with van der Waals surface area (Å²) in [6.07, 6.45) is 3.90. The molecular weight excluding hydrogens is 403 g/mol. The smallest absolute Gasteiger partial charge is 0.193 e. The lowest BCUT2D eigenvalue weighted by Gasteiger charge is -2.27. The van der Waals surface area contributed by atoms with Crippen LogP contribution in [0.4, 0.5) is 0 Å². The van der Waals surface area contributed by atoms with Gasteiger partial charge in [-0.1, -0.05) is 0 Å². The molecule has 0 radical (unpaired) electrons. The zero-order valence-corrected chi connectivity index (χ0v) is 17.6. The fourth-order valence-electron chi connectivity index (χ4n) is 3.21. The third-order valence-electron chi connectivity index (χ3n) is 4.55. The zero-order chi connectivity index (χ0) is 15.9. The Morgan fingerprint density at radius 3 is 2.57 bits per heavy atom. The average Bonchev–Trinajstić information content (AvgIpc) is 3.18. The Kier molecular flexibility index (Phi) is 9.77. The molecule has 1 atom stereocenters. The van der Waals surface area contributed by atoms with Gasteiger partial charge in [0.1, 0.15) is 0 Å². The van der Waals surface area contributed by atoms with Gasteiger partial charge in [-0.3, -0.25) is 9.89 Å². The van der Waals surface area contributed by atoms with Crippen LogP contribution in [0.3, 0.4) is 0 Å². The molecule has 1 heterocycles. The second kappa shape index (κ2) is 10.7. The molecule has 1 aliphatic heterocycles. The molecule has 0 aromatic rings. The highest BCUT2D eigenvalue weighted by molar-refractivity contribution is 14.0. The molecule has 1 saturated heterocycles. The lowest BCUT2D eigenvalue weighted by molar-refractivity contribution is 0.181. The van der Waals surface area contributed by atoms with Crippen molar-refractivity contribution in [3.05, 3.63) is 0 Å². The molecule has 1 unspecified atom stereocenters. The largest absolute Gasteiger partial charge is 0.381 e. The van der Waals surface area contributed by atoms with Gasteiger partial charge in [-0.05, 0) is 40.0 Å². The van der Waals surface area contributed by atoms with Crippen LogP contribution >= 0.6 is 24.0 Å². The van der Waals surface area contributed by atoms with Crippen molar-refractivity contribution in [3.8, 4) is 0 Å². The Morgan fingerprint density at radius 2 is 2.04 bits per heavy atom. The average molecular weight is 438 g/mol. The summed E-state index contributed by atoms with van der Waals surface area (Å²) < 4.78 is 5.48. The van der Waals surface area contributed by atoms with Gasteiger partial charge in [-0.15, -0.1) is 24.0 Å². The molecule has 0 aromatic carbocycles. The van der Waals surface area contributed by atoms with Gasteiger partial charge in [0.2, 0.25) is 0 Å². The fraction of sp³-hybridized carbons (Fsp3) is 0.941. The highest BCUT2D eigenvalue weighted by Crippen LogP contribution is 2.28. The Bertz CT molecular complexity index is 353. The van der Waals surface area contributed by atoms with Crippen molar-refractivity contribution in [3.63, 3.8) is 0 Å². The topological polar surface area (TPSA) is 40.1 Å². The van der Waals surface area contributed by atoms with E-state index in [1.165, 1.54) is 19.3 Å². The van der Waals surface area contributed by atoms with Gasteiger partial charge in [0.25, 0.3) is 0 Å². The number of aliphatic imine (C=N–C) groups is 1. The fourth-order valence-corrected chi connectivity index (χ4v) is 3.21. The van der Waals surface area contributed by atoms with Crippen molar-refractivity contribution < 1.29 is 4.74 Å². The van der Waals surface area contributed by atoms with E-state index >= 15 is 0 Å². The summed E-state index contributed by atoms with van der Waals surface area (Å²) in [5.74, 6) is 1.68. The second-order valence-electron chi connectivity index (χ2n) is 6.91. The molecule has 136 valence electrons. The molecule has 0 bridgehead atoms. The van der Waals surface area contributed by atoms with E-state index in [9.17, 15) is 0 Å². The molecule has 5 nitrogen and oxygen atoms in total. The molecule has 2 fully saturated rings. The molecule has 2 rings (SSSR count). The molecule has 23 heavy (non-hydrogen) atoms. The van der Waals surface area contributed by atoms with Crippen molar-refractivity contribution in [2.45, 2.75) is 52.1 Å². The number of hydrogen-bond acceptors (Lipinski definition) is 3. The van der Waals surface area contributed by atoms with Crippen LogP contribution in [-0.4, -0.2) is 74.3 Å². The minimum Gasteiger partial charge on any atom is -0.381 e. The van der Waals surface area contributed by atoms with Crippen LogP contribution in [0.2, 0.25) is 0 Å². The van der Waals surface area contributed by atoms with Crippen LogP contribution in [0.1, 0.15) is 40.0 Å². The van der Waals surface area contributed by atoms with Crippen molar-refractivity contribution >= 4 is 29.9 Å². The number of rotatable bonds is 8. The standard InChI is InChI=1S/C17H34N4O.HI/c1-5-18-17(20(4)12-15-8-11-22-13-15)19-9-10-21(14(2)3)16-6-7-16;/h14-16H,5-13H2,1-4H3,(H,18,19);1H. The number of halogens is 1. The first-order valence-electron chi connectivity index (χ1n) is 8.94.